The van der Waals surface area contributed by atoms with Crippen LogP contribution in [0.15, 0.2) is 0 Å². The Morgan fingerprint density at radius 3 is 2.44 bits per heavy atom. The number of hydrogen-bond acceptors (Lipinski definition) is 3. The second-order valence-corrected chi connectivity index (χ2v) is 2.16. The average molecular weight is 164 g/mol. The lowest BCUT2D eigenvalue weighted by atomic mass is 10.9. The van der Waals surface area contributed by atoms with Gasteiger partial charge in [0.1, 0.15) is 0 Å². The quantitative estimate of drug-likeness (QED) is 0.633. The zero-order valence-electron chi connectivity index (χ0n) is 14.1. The van der Waals surface area contributed by atoms with Gasteiger partial charge in [-0.05, 0) is 13.7 Å². The molecule has 0 aliphatic rings. The summed E-state index contributed by atoms with van der Waals surface area (Å²) in [5.74, 6) is 0. The second kappa shape index (κ2) is 4.01. The topological polar surface area (TPSA) is 55.8 Å². The van der Waals surface area contributed by atoms with Gasteiger partial charge in [-0.3, -0.25) is 9.05 Å². The van der Waals surface area contributed by atoms with Gasteiger partial charge in [-0.15, -0.1) is 0 Å². The molecule has 9 heavy (non-hydrogen) atoms. The van der Waals surface area contributed by atoms with E-state index in [1.807, 2.05) is 0 Å². The molecule has 0 saturated heterocycles. The third kappa shape index (κ3) is 4.60. The van der Waals surface area contributed by atoms with Crippen molar-refractivity contribution >= 4 is 7.82 Å². The van der Waals surface area contributed by atoms with E-state index in [-0.39, 0.29) is 0 Å². The molecule has 0 atom stereocenters. The molecule has 0 unspecified atom stereocenters. The Morgan fingerprint density at radius 2 is 2.11 bits per heavy atom. The van der Waals surface area contributed by atoms with E-state index in [0.29, 0.717) is 0 Å². The fraction of sp³-hybridized carbons (Fsp3) is 1.00. The molecule has 0 amide bonds. The van der Waals surface area contributed by atoms with Crippen molar-refractivity contribution in [2.24, 2.45) is 0 Å². The molecule has 0 aromatic heterocycles. The highest BCUT2D eigenvalue weighted by Crippen LogP contribution is 2.42. The largest absolute Gasteiger partial charge is 0.472 e. The van der Waals surface area contributed by atoms with Crippen LogP contribution in [0.25, 0.3) is 0 Å². The van der Waals surface area contributed by atoms with Crippen molar-refractivity contribution in [3.8, 4) is 0 Å². The van der Waals surface area contributed by atoms with Gasteiger partial charge in [0.2, 0.25) is 0 Å². The first-order valence-corrected chi connectivity index (χ1v) is 3.15. The standard InChI is InChI=1S/C4H11O4P/c1-3-7-9(5,6)8-4-2/h3-4H2,1-2H3,(H,5,6)/i1D3,2D3,3D2,4D2. The Labute approximate surface area is 68.5 Å². The highest BCUT2D eigenvalue weighted by Gasteiger charge is 2.17. The molecule has 0 fully saturated rings. The van der Waals surface area contributed by atoms with Gasteiger partial charge in [-0.1, -0.05) is 0 Å². The van der Waals surface area contributed by atoms with Gasteiger partial charge in [-0.25, -0.2) is 4.57 Å². The molecule has 4 nitrogen and oxygen atoms in total. The van der Waals surface area contributed by atoms with Crippen molar-refractivity contribution in [2.75, 3.05) is 13.1 Å². The van der Waals surface area contributed by atoms with Crippen molar-refractivity contribution in [3.63, 3.8) is 0 Å². The van der Waals surface area contributed by atoms with Crippen LogP contribution >= 0.6 is 7.82 Å². The first-order chi connectivity index (χ1) is 7.91. The fourth-order valence-corrected chi connectivity index (χ4v) is 0.402. The predicted octanol–water partition coefficient (Wildman–Crippen LogP) is 1.16. The van der Waals surface area contributed by atoms with Crippen LogP contribution < -0.4 is 0 Å². The lowest BCUT2D eigenvalue weighted by molar-refractivity contribution is 0.161. The van der Waals surface area contributed by atoms with Crippen molar-refractivity contribution in [3.05, 3.63) is 0 Å². The lowest BCUT2D eigenvalue weighted by Crippen LogP contribution is -1.93. The van der Waals surface area contributed by atoms with Crippen LogP contribution in [0.4, 0.5) is 0 Å². The smallest absolute Gasteiger partial charge is 0.302 e. The molecule has 56 valence electrons. The molecule has 0 rings (SSSR count). The van der Waals surface area contributed by atoms with E-state index < -0.39 is 34.6 Å². The highest BCUT2D eigenvalue weighted by atomic mass is 31.2. The molecule has 5 heteroatoms. The second-order valence-electron chi connectivity index (χ2n) is 0.855. The van der Waals surface area contributed by atoms with Gasteiger partial charge in [0.05, 0.1) is 18.6 Å². The summed E-state index contributed by atoms with van der Waals surface area (Å²) in [4.78, 5) is 9.04. The molecule has 0 radical (unpaired) electrons. The maximum atomic E-state index is 11.3. The van der Waals surface area contributed by atoms with Gasteiger partial charge < -0.3 is 4.89 Å². The summed E-state index contributed by atoms with van der Waals surface area (Å²) >= 11 is 0. The van der Waals surface area contributed by atoms with Crippen molar-refractivity contribution in [1.82, 2.24) is 0 Å². The summed E-state index contributed by atoms with van der Waals surface area (Å²) in [5, 5.41) is 0. The predicted molar refractivity (Wildman–Crippen MR) is 33.1 cm³/mol. The summed E-state index contributed by atoms with van der Waals surface area (Å²) in [7, 11) is -5.60. The van der Waals surface area contributed by atoms with Crippen molar-refractivity contribution in [1.29, 1.82) is 0 Å². The Morgan fingerprint density at radius 1 is 1.67 bits per heavy atom. The Bertz CT molecular complexity index is 339. The minimum Gasteiger partial charge on any atom is -0.302 e. The van der Waals surface area contributed by atoms with E-state index >= 15 is 0 Å². The van der Waals surface area contributed by atoms with E-state index in [1.54, 1.807) is 0 Å². The molecule has 0 bridgehead atoms. The maximum absolute atomic E-state index is 11.3. The zero-order valence-corrected chi connectivity index (χ0v) is 5.01. The fourth-order valence-electron chi connectivity index (χ4n) is 0.134. The maximum Gasteiger partial charge on any atom is 0.472 e. The summed E-state index contributed by atoms with van der Waals surface area (Å²) in [6.45, 7) is -14.2. The monoisotopic (exact) mass is 164 g/mol. The molecular weight excluding hydrogens is 143 g/mol. The third-order valence-electron chi connectivity index (χ3n) is 0.322. The molecule has 0 saturated carbocycles. The molecular formula is C4H11O4P. The van der Waals surface area contributed by atoms with Crippen LogP contribution in [0.3, 0.4) is 0 Å². The Kier molecular flexibility index (Phi) is 0.814. The van der Waals surface area contributed by atoms with Gasteiger partial charge in [-0.2, -0.15) is 0 Å². The van der Waals surface area contributed by atoms with Gasteiger partial charge in [0.25, 0.3) is 0 Å². The molecule has 0 aliphatic carbocycles. The van der Waals surface area contributed by atoms with Crippen LogP contribution in [0.1, 0.15) is 27.4 Å². The number of phosphoric acid groups is 1. The summed E-state index contributed by atoms with van der Waals surface area (Å²) in [6.07, 6.45) is 0. The first kappa shape index (κ1) is 1.83. The van der Waals surface area contributed by atoms with Crippen LogP contribution in [0.5, 0.6) is 0 Å². The Balaban J connectivity index is 5.10. The first-order valence-electron chi connectivity index (χ1n) is 6.66. The van der Waals surface area contributed by atoms with Crippen LogP contribution in [-0.4, -0.2) is 18.0 Å². The van der Waals surface area contributed by atoms with E-state index in [2.05, 4.69) is 9.05 Å². The van der Waals surface area contributed by atoms with Gasteiger partial charge in [0, 0.05) is 8.22 Å². The zero-order chi connectivity index (χ0) is 15.9. The van der Waals surface area contributed by atoms with E-state index in [4.69, 9.17) is 18.6 Å². The third-order valence-corrected chi connectivity index (χ3v) is 0.966. The molecule has 0 aromatic carbocycles. The minimum atomic E-state index is -5.60. The van der Waals surface area contributed by atoms with E-state index in [0.717, 1.165) is 0 Å². The van der Waals surface area contributed by atoms with Gasteiger partial charge in [0.15, 0.2) is 0 Å². The SMILES string of the molecule is [2H]C([2H])([2H])C([2H])([2H])OP(=O)(O)OC([2H])([2H])C([2H])([2H])[2H]. The van der Waals surface area contributed by atoms with Gasteiger partial charge >= 0.3 is 7.82 Å². The number of hydrogen-bond donors (Lipinski definition) is 1. The molecule has 0 aliphatic heterocycles. The minimum absolute atomic E-state index is 3.46. The Hall–Kier alpha value is 0.110. The van der Waals surface area contributed by atoms with Crippen LogP contribution in [0.2, 0.25) is 0 Å². The number of rotatable bonds is 4. The normalized spacial score (nSPS) is 34.3. The van der Waals surface area contributed by atoms with E-state index in [1.165, 1.54) is 0 Å². The average Bonchev–Trinajstić information content (AvgIpc) is 1.93. The highest BCUT2D eigenvalue weighted by molar-refractivity contribution is 7.47. The van der Waals surface area contributed by atoms with E-state index in [9.17, 15) is 4.57 Å². The lowest BCUT2D eigenvalue weighted by Gasteiger charge is -2.07. The summed E-state index contributed by atoms with van der Waals surface area (Å²) in [5.41, 5.74) is 0. The van der Waals surface area contributed by atoms with Crippen molar-refractivity contribution in [2.45, 2.75) is 13.7 Å². The molecule has 0 heterocycles. The number of phosphoric ester groups is 1. The molecule has 0 spiro atoms. The summed E-state index contributed by atoms with van der Waals surface area (Å²) < 4.78 is 86.5. The van der Waals surface area contributed by atoms with Crippen molar-refractivity contribution < 1.29 is 32.2 Å². The summed E-state index contributed by atoms with van der Waals surface area (Å²) in [6, 6.07) is 0. The molecule has 0 aromatic rings. The molecule has 1 N–H and O–H groups in total. The van der Waals surface area contributed by atoms with Crippen LogP contribution in [0, 0.1) is 0 Å². The van der Waals surface area contributed by atoms with Crippen LogP contribution in [-0.2, 0) is 13.6 Å².